The van der Waals surface area contributed by atoms with Gasteiger partial charge in [-0.3, -0.25) is 15.5 Å². The summed E-state index contributed by atoms with van der Waals surface area (Å²) in [5.74, 6) is 0.0695. The normalized spacial score (nSPS) is 18.7. The SMILES string of the molecule is Cc1cc(COc2ccc(CC3(C(=O)Nc4ccccc4)CC3C([NH3+])=O)cc2)c2ccccc2n1. The lowest BCUT2D eigenvalue weighted by Crippen LogP contribution is -2.59. The second kappa shape index (κ2) is 9.31. The largest absolute Gasteiger partial charge is 0.489 e. The van der Waals surface area contributed by atoms with Crippen LogP contribution in [-0.4, -0.2) is 16.8 Å². The first-order valence-corrected chi connectivity index (χ1v) is 11.7. The van der Waals surface area contributed by atoms with E-state index < -0.39 is 5.41 Å². The van der Waals surface area contributed by atoms with Crippen LogP contribution in [0.1, 0.15) is 23.2 Å². The van der Waals surface area contributed by atoms with Crippen molar-refractivity contribution in [3.8, 4) is 5.75 Å². The number of quaternary nitrogens is 1. The summed E-state index contributed by atoms with van der Waals surface area (Å²) in [7, 11) is 0. The minimum atomic E-state index is -0.759. The Balaban J connectivity index is 1.28. The monoisotopic (exact) mass is 466 g/mol. The Hall–Kier alpha value is -4.03. The van der Waals surface area contributed by atoms with E-state index in [2.05, 4.69) is 28.2 Å². The van der Waals surface area contributed by atoms with Gasteiger partial charge in [0.05, 0.1) is 16.8 Å². The van der Waals surface area contributed by atoms with Gasteiger partial charge in [0.15, 0.2) is 0 Å². The minimum Gasteiger partial charge on any atom is -0.489 e. The number of anilines is 1. The fourth-order valence-corrected chi connectivity index (χ4v) is 4.77. The van der Waals surface area contributed by atoms with Crippen LogP contribution in [0, 0.1) is 18.3 Å². The highest BCUT2D eigenvalue weighted by atomic mass is 16.5. The van der Waals surface area contributed by atoms with E-state index in [9.17, 15) is 9.59 Å². The molecule has 1 saturated carbocycles. The molecule has 1 fully saturated rings. The van der Waals surface area contributed by atoms with Gasteiger partial charge in [0.25, 0.3) is 0 Å². The van der Waals surface area contributed by atoms with Crippen LogP contribution in [0.25, 0.3) is 10.9 Å². The number of benzene rings is 3. The van der Waals surface area contributed by atoms with Gasteiger partial charge in [0, 0.05) is 22.3 Å². The molecule has 176 valence electrons. The van der Waals surface area contributed by atoms with E-state index in [1.807, 2.05) is 79.7 Å². The van der Waals surface area contributed by atoms with E-state index in [-0.39, 0.29) is 17.7 Å². The van der Waals surface area contributed by atoms with E-state index in [4.69, 9.17) is 4.74 Å². The van der Waals surface area contributed by atoms with Crippen molar-refractivity contribution in [2.75, 3.05) is 5.32 Å². The molecule has 4 aromatic rings. The predicted octanol–water partition coefficient (Wildman–Crippen LogP) is 4.08. The number of carbonyl (C=O) groups is 2. The molecule has 4 N–H and O–H groups in total. The molecule has 0 radical (unpaired) electrons. The molecule has 1 aliphatic carbocycles. The summed E-state index contributed by atoms with van der Waals surface area (Å²) in [5.41, 5.74) is 7.52. The highest BCUT2D eigenvalue weighted by molar-refractivity contribution is 6.01. The Labute approximate surface area is 204 Å². The van der Waals surface area contributed by atoms with Crippen LogP contribution in [0.2, 0.25) is 0 Å². The third kappa shape index (κ3) is 4.79. The maximum atomic E-state index is 13.2. The molecular weight excluding hydrogens is 438 g/mol. The van der Waals surface area contributed by atoms with Gasteiger partial charge in [0.2, 0.25) is 5.91 Å². The van der Waals surface area contributed by atoms with E-state index in [0.29, 0.717) is 19.4 Å². The van der Waals surface area contributed by atoms with Crippen molar-refractivity contribution in [3.05, 3.63) is 102 Å². The molecule has 0 aliphatic heterocycles. The molecule has 6 nitrogen and oxygen atoms in total. The Morgan fingerprint density at radius 1 is 1.03 bits per heavy atom. The number of nitrogens with one attached hydrogen (secondary N) is 1. The number of rotatable bonds is 8. The number of carbonyl (C=O) groups excluding carboxylic acids is 2. The Morgan fingerprint density at radius 3 is 2.46 bits per heavy atom. The molecule has 2 amide bonds. The molecule has 1 heterocycles. The second-order valence-electron chi connectivity index (χ2n) is 9.25. The van der Waals surface area contributed by atoms with E-state index in [0.717, 1.165) is 39.2 Å². The zero-order valence-electron chi connectivity index (χ0n) is 19.7. The number of aromatic nitrogens is 1. The van der Waals surface area contributed by atoms with Crippen LogP contribution in [-0.2, 0) is 22.6 Å². The van der Waals surface area contributed by atoms with Crippen molar-refractivity contribution >= 4 is 28.4 Å². The Kier molecular flexibility index (Phi) is 6.05. The van der Waals surface area contributed by atoms with Crippen LogP contribution in [0.4, 0.5) is 5.69 Å². The number of hydrogen-bond acceptors (Lipinski definition) is 4. The van der Waals surface area contributed by atoms with Crippen LogP contribution < -0.4 is 15.8 Å². The van der Waals surface area contributed by atoms with Crippen molar-refractivity contribution in [1.82, 2.24) is 4.98 Å². The maximum Gasteiger partial charge on any atom is 0.313 e. The van der Waals surface area contributed by atoms with Gasteiger partial charge in [-0.2, -0.15) is 0 Å². The summed E-state index contributed by atoms with van der Waals surface area (Å²) in [6, 6.07) is 27.2. The van der Waals surface area contributed by atoms with Crippen LogP contribution in [0.3, 0.4) is 0 Å². The number of hydrogen-bond donors (Lipinski definition) is 2. The summed E-state index contributed by atoms with van der Waals surface area (Å²) < 4.78 is 6.07. The standard InChI is InChI=1S/C29H27N3O3/c1-19-15-21(24-9-5-6-10-26(24)31-19)18-35-23-13-11-20(12-14-23)16-29(17-25(29)27(30)33)28(34)32-22-7-3-2-4-8-22/h2-15,25H,16-18H2,1H3,(H2,30,33)(H,32,34)/p+1. The lowest BCUT2D eigenvalue weighted by molar-refractivity contribution is -0.308. The number of para-hydroxylation sites is 2. The molecule has 5 rings (SSSR count). The summed E-state index contributed by atoms with van der Waals surface area (Å²) in [4.78, 5) is 29.8. The number of pyridine rings is 1. The van der Waals surface area contributed by atoms with Crippen LogP contribution >= 0.6 is 0 Å². The van der Waals surface area contributed by atoms with Crippen molar-refractivity contribution in [1.29, 1.82) is 0 Å². The quantitative estimate of drug-likeness (QED) is 0.409. The summed E-state index contributed by atoms with van der Waals surface area (Å²) in [6.45, 7) is 2.42. The topological polar surface area (TPSA) is 95.9 Å². The first kappa shape index (κ1) is 22.7. The van der Waals surface area contributed by atoms with Gasteiger partial charge >= 0.3 is 5.91 Å². The fourth-order valence-electron chi connectivity index (χ4n) is 4.77. The van der Waals surface area contributed by atoms with Crippen LogP contribution in [0.15, 0.2) is 84.9 Å². The average Bonchev–Trinajstić information content (AvgIpc) is 3.60. The molecule has 0 bridgehead atoms. The van der Waals surface area contributed by atoms with E-state index >= 15 is 0 Å². The number of amides is 2. The van der Waals surface area contributed by atoms with Crippen molar-refractivity contribution in [3.63, 3.8) is 0 Å². The summed E-state index contributed by atoms with van der Waals surface area (Å²) in [6.07, 6.45) is 0.993. The van der Waals surface area contributed by atoms with Crippen molar-refractivity contribution < 1.29 is 20.1 Å². The Morgan fingerprint density at radius 2 is 1.74 bits per heavy atom. The summed E-state index contributed by atoms with van der Waals surface area (Å²) in [5, 5.41) is 4.05. The maximum absolute atomic E-state index is 13.2. The van der Waals surface area contributed by atoms with Gasteiger partial charge in [0.1, 0.15) is 12.4 Å². The molecule has 0 saturated heterocycles. The Bertz CT molecular complexity index is 1390. The van der Waals surface area contributed by atoms with Gasteiger partial charge < -0.3 is 10.1 Å². The third-order valence-corrected chi connectivity index (χ3v) is 6.71. The molecule has 1 aliphatic rings. The molecule has 3 aromatic carbocycles. The third-order valence-electron chi connectivity index (χ3n) is 6.71. The fraction of sp³-hybridized carbons (Fsp3) is 0.207. The van der Waals surface area contributed by atoms with E-state index in [1.54, 1.807) is 0 Å². The first-order valence-electron chi connectivity index (χ1n) is 11.7. The van der Waals surface area contributed by atoms with Gasteiger partial charge in [-0.05, 0) is 61.7 Å². The number of aryl methyl sites for hydroxylation is 1. The number of ether oxygens (including phenoxy) is 1. The molecular formula is C29H28N3O3+. The molecule has 0 spiro atoms. The van der Waals surface area contributed by atoms with Crippen molar-refractivity contribution in [2.24, 2.45) is 11.3 Å². The molecule has 6 heteroatoms. The van der Waals surface area contributed by atoms with Gasteiger partial charge in [-0.25, -0.2) is 4.79 Å². The predicted molar refractivity (Wildman–Crippen MR) is 134 cm³/mol. The number of fused-ring (bicyclic) bond motifs is 1. The minimum absolute atomic E-state index is 0.133. The lowest BCUT2D eigenvalue weighted by Gasteiger charge is -2.17. The van der Waals surface area contributed by atoms with Crippen LogP contribution in [0.5, 0.6) is 5.75 Å². The zero-order chi connectivity index (χ0) is 24.4. The number of nitrogens with zero attached hydrogens (tertiary/aromatic N) is 1. The van der Waals surface area contributed by atoms with Crippen molar-refractivity contribution in [2.45, 2.75) is 26.4 Å². The van der Waals surface area contributed by atoms with Gasteiger partial charge in [-0.1, -0.05) is 48.5 Å². The summed E-state index contributed by atoms with van der Waals surface area (Å²) >= 11 is 0. The molecule has 2 atom stereocenters. The molecule has 35 heavy (non-hydrogen) atoms. The van der Waals surface area contributed by atoms with Gasteiger partial charge in [-0.15, -0.1) is 0 Å². The highest BCUT2D eigenvalue weighted by Gasteiger charge is 2.64. The second-order valence-corrected chi connectivity index (χ2v) is 9.25. The highest BCUT2D eigenvalue weighted by Crippen LogP contribution is 2.55. The smallest absolute Gasteiger partial charge is 0.313 e. The lowest BCUT2D eigenvalue weighted by atomic mass is 9.92. The molecule has 2 unspecified atom stereocenters. The molecule has 1 aromatic heterocycles. The average molecular weight is 467 g/mol. The van der Waals surface area contributed by atoms with E-state index in [1.165, 1.54) is 0 Å². The zero-order valence-corrected chi connectivity index (χ0v) is 19.7. The first-order chi connectivity index (χ1) is 16.9.